The lowest BCUT2D eigenvalue weighted by Crippen LogP contribution is -2.38. The van der Waals surface area contributed by atoms with E-state index in [9.17, 15) is 4.39 Å². The van der Waals surface area contributed by atoms with Gasteiger partial charge in [0.1, 0.15) is 5.82 Å². The van der Waals surface area contributed by atoms with E-state index in [1.807, 2.05) is 18.4 Å². The van der Waals surface area contributed by atoms with Gasteiger partial charge in [-0.2, -0.15) is 0 Å². The number of aromatic nitrogens is 1. The van der Waals surface area contributed by atoms with Crippen LogP contribution in [-0.4, -0.2) is 11.0 Å². The number of hydrogen-bond donors (Lipinski definition) is 2. The van der Waals surface area contributed by atoms with Crippen LogP contribution in [0.2, 0.25) is 0 Å². The standard InChI is InChI=1S/C13H15BrFN3S/c1-8-17-13(7-19-8)6-12(18-16)4-9-2-10(14)5-11(15)3-9/h2-3,5,7,12,18H,4,6,16H2,1H3. The predicted octanol–water partition coefficient (Wildman–Crippen LogP) is 2.97. The fraction of sp³-hybridized carbons (Fsp3) is 0.308. The summed E-state index contributed by atoms with van der Waals surface area (Å²) < 4.78 is 14.1. The molecule has 1 aromatic heterocycles. The molecule has 0 saturated carbocycles. The normalized spacial score (nSPS) is 12.6. The molecule has 1 atom stereocenters. The van der Waals surface area contributed by atoms with Crippen LogP contribution in [0.25, 0.3) is 0 Å². The molecule has 0 spiro atoms. The average Bonchev–Trinajstić information content (AvgIpc) is 2.72. The van der Waals surface area contributed by atoms with E-state index in [2.05, 4.69) is 26.3 Å². The van der Waals surface area contributed by atoms with E-state index >= 15 is 0 Å². The first kappa shape index (κ1) is 14.6. The quantitative estimate of drug-likeness (QED) is 0.648. The molecule has 2 rings (SSSR count). The molecule has 1 aromatic carbocycles. The van der Waals surface area contributed by atoms with E-state index in [-0.39, 0.29) is 11.9 Å². The first-order valence-corrected chi connectivity index (χ1v) is 7.56. The van der Waals surface area contributed by atoms with Crippen molar-refractivity contribution in [2.45, 2.75) is 25.8 Å². The minimum atomic E-state index is -0.246. The number of aryl methyl sites for hydroxylation is 1. The summed E-state index contributed by atoms with van der Waals surface area (Å²) in [6.45, 7) is 1.97. The fourth-order valence-electron chi connectivity index (χ4n) is 1.96. The number of nitrogens with one attached hydrogen (secondary N) is 1. The van der Waals surface area contributed by atoms with Gasteiger partial charge in [0, 0.05) is 22.3 Å². The topological polar surface area (TPSA) is 50.9 Å². The molecule has 1 unspecified atom stereocenters. The van der Waals surface area contributed by atoms with Gasteiger partial charge in [-0.15, -0.1) is 11.3 Å². The lowest BCUT2D eigenvalue weighted by molar-refractivity contribution is 0.516. The maximum atomic E-state index is 13.3. The Hall–Kier alpha value is -0.820. The molecule has 0 bridgehead atoms. The molecular weight excluding hydrogens is 329 g/mol. The highest BCUT2D eigenvalue weighted by Crippen LogP contribution is 2.17. The summed E-state index contributed by atoms with van der Waals surface area (Å²) in [6.07, 6.45) is 1.39. The number of hydrazine groups is 1. The molecule has 0 aliphatic carbocycles. The molecule has 0 aliphatic rings. The molecular formula is C13H15BrFN3S. The summed E-state index contributed by atoms with van der Waals surface area (Å²) in [5, 5.41) is 3.07. The Morgan fingerprint density at radius 2 is 2.21 bits per heavy atom. The van der Waals surface area contributed by atoms with Crippen LogP contribution in [0, 0.1) is 12.7 Å². The Balaban J connectivity index is 2.06. The third kappa shape index (κ3) is 4.35. The largest absolute Gasteiger partial charge is 0.271 e. The summed E-state index contributed by atoms with van der Waals surface area (Å²) in [7, 11) is 0. The van der Waals surface area contributed by atoms with Crippen LogP contribution in [-0.2, 0) is 12.8 Å². The summed E-state index contributed by atoms with van der Waals surface area (Å²) in [4.78, 5) is 4.41. The highest BCUT2D eigenvalue weighted by molar-refractivity contribution is 9.10. The smallest absolute Gasteiger partial charge is 0.124 e. The Kier molecular flexibility index (Phi) is 5.04. The van der Waals surface area contributed by atoms with Crippen LogP contribution in [0.15, 0.2) is 28.1 Å². The van der Waals surface area contributed by atoms with E-state index in [4.69, 9.17) is 5.84 Å². The van der Waals surface area contributed by atoms with E-state index in [1.165, 1.54) is 12.1 Å². The molecule has 3 nitrogen and oxygen atoms in total. The van der Waals surface area contributed by atoms with Gasteiger partial charge in [0.2, 0.25) is 0 Å². The van der Waals surface area contributed by atoms with Gasteiger partial charge in [0.15, 0.2) is 0 Å². The van der Waals surface area contributed by atoms with Gasteiger partial charge < -0.3 is 0 Å². The summed E-state index contributed by atoms with van der Waals surface area (Å²) in [6, 6.07) is 4.91. The van der Waals surface area contributed by atoms with Gasteiger partial charge >= 0.3 is 0 Å². The van der Waals surface area contributed by atoms with E-state index < -0.39 is 0 Å². The van der Waals surface area contributed by atoms with Crippen LogP contribution >= 0.6 is 27.3 Å². The van der Waals surface area contributed by atoms with Gasteiger partial charge in [-0.05, 0) is 37.1 Å². The van der Waals surface area contributed by atoms with Crippen LogP contribution < -0.4 is 11.3 Å². The van der Waals surface area contributed by atoms with Crippen molar-refractivity contribution < 1.29 is 4.39 Å². The van der Waals surface area contributed by atoms with Gasteiger partial charge in [-0.3, -0.25) is 11.3 Å². The summed E-state index contributed by atoms with van der Waals surface area (Å²) in [5.41, 5.74) is 4.69. The van der Waals surface area contributed by atoms with Crippen molar-refractivity contribution in [3.8, 4) is 0 Å². The van der Waals surface area contributed by atoms with Gasteiger partial charge in [-0.1, -0.05) is 15.9 Å². The second kappa shape index (κ2) is 6.56. The van der Waals surface area contributed by atoms with Crippen molar-refractivity contribution in [3.63, 3.8) is 0 Å². The number of halogens is 2. The van der Waals surface area contributed by atoms with Crippen molar-refractivity contribution in [2.75, 3.05) is 0 Å². The molecule has 102 valence electrons. The van der Waals surface area contributed by atoms with Crippen molar-refractivity contribution in [2.24, 2.45) is 5.84 Å². The Labute approximate surface area is 124 Å². The fourth-order valence-corrected chi connectivity index (χ4v) is 3.10. The Bertz CT molecular complexity index is 538. The second-order valence-electron chi connectivity index (χ2n) is 4.41. The van der Waals surface area contributed by atoms with Crippen LogP contribution in [0.3, 0.4) is 0 Å². The average molecular weight is 344 g/mol. The number of benzene rings is 1. The molecule has 3 N–H and O–H groups in total. The number of nitrogens with two attached hydrogens (primary N) is 1. The molecule has 0 fully saturated rings. The Morgan fingerprint density at radius 1 is 1.42 bits per heavy atom. The zero-order valence-electron chi connectivity index (χ0n) is 10.5. The van der Waals surface area contributed by atoms with Gasteiger partial charge in [-0.25, -0.2) is 9.37 Å². The maximum absolute atomic E-state index is 13.3. The van der Waals surface area contributed by atoms with Crippen molar-refractivity contribution in [1.29, 1.82) is 0 Å². The van der Waals surface area contributed by atoms with Crippen LogP contribution in [0.1, 0.15) is 16.3 Å². The minimum Gasteiger partial charge on any atom is -0.271 e. The predicted molar refractivity (Wildman–Crippen MR) is 79.5 cm³/mol. The third-order valence-electron chi connectivity index (χ3n) is 2.76. The number of nitrogens with zero attached hydrogens (tertiary/aromatic N) is 1. The lowest BCUT2D eigenvalue weighted by atomic mass is 10.0. The molecule has 19 heavy (non-hydrogen) atoms. The third-order valence-corrected chi connectivity index (χ3v) is 4.04. The minimum absolute atomic E-state index is 0.0372. The Morgan fingerprint density at radius 3 is 2.79 bits per heavy atom. The van der Waals surface area contributed by atoms with E-state index in [0.29, 0.717) is 6.42 Å². The molecule has 2 aromatic rings. The molecule has 0 amide bonds. The zero-order chi connectivity index (χ0) is 13.8. The molecule has 1 heterocycles. The highest BCUT2D eigenvalue weighted by Gasteiger charge is 2.12. The lowest BCUT2D eigenvalue weighted by Gasteiger charge is -2.15. The van der Waals surface area contributed by atoms with Crippen LogP contribution in [0.5, 0.6) is 0 Å². The SMILES string of the molecule is Cc1nc(CC(Cc2cc(F)cc(Br)c2)NN)cs1. The molecule has 6 heteroatoms. The van der Waals surface area contributed by atoms with Gasteiger partial charge in [0.05, 0.1) is 10.7 Å². The first-order valence-electron chi connectivity index (χ1n) is 5.89. The maximum Gasteiger partial charge on any atom is 0.124 e. The molecule has 0 radical (unpaired) electrons. The van der Waals surface area contributed by atoms with Gasteiger partial charge in [0.25, 0.3) is 0 Å². The van der Waals surface area contributed by atoms with Crippen LogP contribution in [0.4, 0.5) is 4.39 Å². The highest BCUT2D eigenvalue weighted by atomic mass is 79.9. The van der Waals surface area contributed by atoms with Crippen molar-refractivity contribution in [3.05, 3.63) is 50.1 Å². The first-order chi connectivity index (χ1) is 9.06. The molecule has 0 saturated heterocycles. The summed E-state index contributed by atoms with van der Waals surface area (Å²) in [5.74, 6) is 5.33. The van der Waals surface area contributed by atoms with E-state index in [1.54, 1.807) is 11.3 Å². The second-order valence-corrected chi connectivity index (χ2v) is 6.39. The monoisotopic (exact) mass is 343 g/mol. The number of hydrogen-bond acceptors (Lipinski definition) is 4. The summed E-state index contributed by atoms with van der Waals surface area (Å²) >= 11 is 4.91. The van der Waals surface area contributed by atoms with E-state index in [0.717, 1.165) is 27.2 Å². The molecule has 0 aliphatic heterocycles. The number of thiazole rings is 1. The number of rotatable bonds is 5. The van der Waals surface area contributed by atoms with Crippen molar-refractivity contribution in [1.82, 2.24) is 10.4 Å². The van der Waals surface area contributed by atoms with Crippen molar-refractivity contribution >= 4 is 27.3 Å². The zero-order valence-corrected chi connectivity index (χ0v) is 12.9.